The van der Waals surface area contributed by atoms with Crippen molar-refractivity contribution in [3.63, 3.8) is 0 Å². The number of benzene rings is 2. The van der Waals surface area contributed by atoms with E-state index < -0.39 is 0 Å². The molecule has 5 nitrogen and oxygen atoms in total. The first-order valence-electron chi connectivity index (χ1n) is 10.2. The van der Waals surface area contributed by atoms with Crippen molar-refractivity contribution in [2.45, 2.75) is 38.5 Å². The van der Waals surface area contributed by atoms with E-state index in [0.717, 1.165) is 54.4 Å². The maximum Gasteiger partial charge on any atom is 0.330 e. The third-order valence-corrected chi connectivity index (χ3v) is 4.97. The van der Waals surface area contributed by atoms with Crippen molar-refractivity contribution in [3.05, 3.63) is 71.2 Å². The van der Waals surface area contributed by atoms with Crippen LogP contribution in [-0.4, -0.2) is 25.1 Å². The largest absolute Gasteiger partial charge is 0.494 e. The molecular weight excluding hydrogens is 446 g/mol. The number of hydrogen-bond acceptors (Lipinski definition) is 4. The Morgan fingerprint density at radius 2 is 1.47 bits per heavy atom. The summed E-state index contributed by atoms with van der Waals surface area (Å²) >= 11 is 3.37. The second-order valence-corrected chi connectivity index (χ2v) is 7.74. The van der Waals surface area contributed by atoms with E-state index in [1.807, 2.05) is 36.4 Å². The molecule has 0 fully saturated rings. The minimum atomic E-state index is -0.356. The lowest BCUT2D eigenvalue weighted by atomic mass is 10.1. The van der Waals surface area contributed by atoms with Gasteiger partial charge in [-0.1, -0.05) is 48.2 Å². The normalized spacial score (nSPS) is 10.3. The lowest BCUT2D eigenvalue weighted by molar-refractivity contribution is -0.137. The highest BCUT2D eigenvalue weighted by Crippen LogP contribution is 2.17. The van der Waals surface area contributed by atoms with Gasteiger partial charge >= 0.3 is 5.97 Å². The molecule has 1 N–H and O–H groups in total. The molecule has 0 aromatic heterocycles. The number of esters is 1. The van der Waals surface area contributed by atoms with Crippen LogP contribution in [0.5, 0.6) is 5.75 Å². The first-order chi connectivity index (χ1) is 14.6. The molecule has 0 atom stereocenters. The molecule has 2 rings (SSSR count). The highest BCUT2D eigenvalue weighted by Gasteiger charge is 2.06. The molecule has 0 heterocycles. The number of carbonyl (C=O) groups is 2. The van der Waals surface area contributed by atoms with Gasteiger partial charge in [-0.25, -0.2) is 4.79 Å². The Labute approximate surface area is 186 Å². The molecule has 0 aliphatic heterocycles. The number of anilines is 1. The summed E-state index contributed by atoms with van der Waals surface area (Å²) < 4.78 is 11.7. The highest BCUT2D eigenvalue weighted by molar-refractivity contribution is 9.10. The van der Waals surface area contributed by atoms with E-state index in [9.17, 15) is 9.59 Å². The number of hydrogen-bond donors (Lipinski definition) is 1. The molecule has 0 saturated carbocycles. The Kier molecular flexibility index (Phi) is 10.7. The van der Waals surface area contributed by atoms with Gasteiger partial charge in [0.05, 0.1) is 13.2 Å². The lowest BCUT2D eigenvalue weighted by Crippen LogP contribution is -2.11. The summed E-state index contributed by atoms with van der Waals surface area (Å²) in [5.74, 6) is 0.257. The maximum atomic E-state index is 12.3. The van der Waals surface area contributed by atoms with Crippen molar-refractivity contribution in [1.82, 2.24) is 0 Å². The van der Waals surface area contributed by atoms with Crippen LogP contribution in [0.3, 0.4) is 0 Å². The average Bonchev–Trinajstić information content (AvgIpc) is 2.76. The van der Waals surface area contributed by atoms with Gasteiger partial charge in [-0.2, -0.15) is 0 Å². The van der Waals surface area contributed by atoms with Crippen molar-refractivity contribution < 1.29 is 19.1 Å². The lowest BCUT2D eigenvalue weighted by Gasteiger charge is -2.08. The summed E-state index contributed by atoms with van der Waals surface area (Å²) in [7, 11) is 0. The molecule has 0 radical (unpaired) electrons. The molecule has 30 heavy (non-hydrogen) atoms. The molecular formula is C24H28BrNO4. The second kappa shape index (κ2) is 13.6. The van der Waals surface area contributed by atoms with Crippen molar-refractivity contribution in [1.29, 1.82) is 0 Å². The van der Waals surface area contributed by atoms with Crippen LogP contribution >= 0.6 is 15.9 Å². The van der Waals surface area contributed by atoms with E-state index in [2.05, 4.69) is 27.8 Å². The van der Waals surface area contributed by atoms with Gasteiger partial charge in [0, 0.05) is 21.8 Å². The van der Waals surface area contributed by atoms with Gasteiger partial charge in [-0.15, -0.1) is 0 Å². The standard InChI is InChI=1S/C24H28BrNO4/c1-2-23(27)30-18-8-6-4-3-5-7-17-29-22-15-9-19(10-16-22)24(28)26-21-13-11-20(25)12-14-21/h2,9-16H,1,3-8,17-18H2,(H,26,28). The van der Waals surface area contributed by atoms with E-state index in [1.54, 1.807) is 12.1 Å². The Balaban J connectivity index is 1.56. The van der Waals surface area contributed by atoms with Crippen molar-refractivity contribution in [2.24, 2.45) is 0 Å². The smallest absolute Gasteiger partial charge is 0.330 e. The summed E-state index contributed by atoms with van der Waals surface area (Å²) in [6.07, 6.45) is 7.46. The van der Waals surface area contributed by atoms with Gasteiger partial charge in [-0.3, -0.25) is 4.79 Å². The SMILES string of the molecule is C=CC(=O)OCCCCCCCCOc1ccc(C(=O)Nc2ccc(Br)cc2)cc1. The van der Waals surface area contributed by atoms with E-state index in [1.165, 1.54) is 6.08 Å². The summed E-state index contributed by atoms with van der Waals surface area (Å²) in [4.78, 5) is 23.2. The Morgan fingerprint density at radius 3 is 2.10 bits per heavy atom. The Hall–Kier alpha value is -2.60. The van der Waals surface area contributed by atoms with Gasteiger partial charge in [0.15, 0.2) is 0 Å². The maximum absolute atomic E-state index is 12.3. The third kappa shape index (κ3) is 9.27. The van der Waals surface area contributed by atoms with Gasteiger partial charge in [0.1, 0.15) is 5.75 Å². The number of carbonyl (C=O) groups excluding carboxylic acids is 2. The van der Waals surface area contributed by atoms with E-state index in [-0.39, 0.29) is 11.9 Å². The van der Waals surface area contributed by atoms with E-state index in [0.29, 0.717) is 18.8 Å². The molecule has 160 valence electrons. The highest BCUT2D eigenvalue weighted by atomic mass is 79.9. The molecule has 0 aliphatic rings. The number of ether oxygens (including phenoxy) is 2. The van der Waals surface area contributed by atoms with Crippen molar-refractivity contribution in [2.75, 3.05) is 18.5 Å². The molecule has 2 aromatic rings. The van der Waals surface area contributed by atoms with Crippen molar-refractivity contribution in [3.8, 4) is 5.75 Å². The molecule has 0 saturated heterocycles. The third-order valence-electron chi connectivity index (χ3n) is 4.44. The van der Waals surface area contributed by atoms with Crippen LogP contribution in [0.2, 0.25) is 0 Å². The van der Waals surface area contributed by atoms with Crippen LogP contribution in [-0.2, 0) is 9.53 Å². The number of unbranched alkanes of at least 4 members (excludes halogenated alkanes) is 5. The fourth-order valence-electron chi connectivity index (χ4n) is 2.77. The monoisotopic (exact) mass is 473 g/mol. The Bertz CT molecular complexity index is 803. The van der Waals surface area contributed by atoms with Gasteiger partial charge < -0.3 is 14.8 Å². The average molecular weight is 474 g/mol. The fraction of sp³-hybridized carbons (Fsp3) is 0.333. The zero-order valence-corrected chi connectivity index (χ0v) is 18.7. The van der Waals surface area contributed by atoms with Crippen LogP contribution in [0.15, 0.2) is 65.7 Å². The van der Waals surface area contributed by atoms with Crippen LogP contribution in [0.25, 0.3) is 0 Å². The van der Waals surface area contributed by atoms with Crippen LogP contribution in [0.4, 0.5) is 5.69 Å². The zero-order chi connectivity index (χ0) is 21.6. The van der Waals surface area contributed by atoms with Gasteiger partial charge in [0.2, 0.25) is 0 Å². The molecule has 0 unspecified atom stereocenters. The van der Waals surface area contributed by atoms with Gasteiger partial charge in [-0.05, 0) is 61.4 Å². The molecule has 1 amide bonds. The number of rotatable bonds is 13. The summed E-state index contributed by atoms with van der Waals surface area (Å²) in [5, 5.41) is 2.87. The van der Waals surface area contributed by atoms with E-state index >= 15 is 0 Å². The number of amides is 1. The van der Waals surface area contributed by atoms with Crippen LogP contribution in [0.1, 0.15) is 48.9 Å². The molecule has 6 heteroatoms. The van der Waals surface area contributed by atoms with Crippen molar-refractivity contribution >= 4 is 33.5 Å². The Morgan fingerprint density at radius 1 is 0.867 bits per heavy atom. The van der Waals surface area contributed by atoms with E-state index in [4.69, 9.17) is 9.47 Å². The minimum Gasteiger partial charge on any atom is -0.494 e. The summed E-state index contributed by atoms with van der Waals surface area (Å²) in [6, 6.07) is 14.6. The van der Waals surface area contributed by atoms with Gasteiger partial charge in [0.25, 0.3) is 5.91 Å². The predicted molar refractivity (Wildman–Crippen MR) is 123 cm³/mol. The quantitative estimate of drug-likeness (QED) is 0.215. The molecule has 0 bridgehead atoms. The first kappa shape index (κ1) is 23.7. The topological polar surface area (TPSA) is 64.6 Å². The van der Waals surface area contributed by atoms with Crippen LogP contribution in [0, 0.1) is 0 Å². The predicted octanol–water partition coefficient (Wildman–Crippen LogP) is 6.15. The minimum absolute atomic E-state index is 0.150. The second-order valence-electron chi connectivity index (χ2n) is 6.83. The number of halogens is 1. The fourth-order valence-corrected chi connectivity index (χ4v) is 3.04. The number of nitrogens with one attached hydrogen (secondary N) is 1. The zero-order valence-electron chi connectivity index (χ0n) is 17.1. The summed E-state index contributed by atoms with van der Waals surface area (Å²) in [6.45, 7) is 4.48. The molecule has 0 aliphatic carbocycles. The van der Waals surface area contributed by atoms with Crippen LogP contribution < -0.4 is 10.1 Å². The molecule has 2 aromatic carbocycles. The first-order valence-corrected chi connectivity index (χ1v) is 11.0. The summed E-state index contributed by atoms with van der Waals surface area (Å²) in [5.41, 5.74) is 1.34. The molecule has 0 spiro atoms.